The third-order valence-corrected chi connectivity index (χ3v) is 3.97. The van der Waals surface area contributed by atoms with E-state index in [2.05, 4.69) is 22.4 Å². The number of aromatic nitrogens is 2. The minimum atomic E-state index is -1.82. The fraction of sp³-hybridized carbons (Fsp3) is 0.412. The first-order chi connectivity index (χ1) is 10.9. The van der Waals surface area contributed by atoms with Gasteiger partial charge < -0.3 is 20.1 Å². The molecule has 0 aliphatic carbocycles. The second-order valence-corrected chi connectivity index (χ2v) is 5.78. The van der Waals surface area contributed by atoms with Crippen LogP contribution in [0, 0.1) is 0 Å². The van der Waals surface area contributed by atoms with Gasteiger partial charge >= 0.3 is 0 Å². The maximum absolute atomic E-state index is 11.9. The first-order valence-electron chi connectivity index (χ1n) is 7.64. The van der Waals surface area contributed by atoms with Crippen LogP contribution in [0.4, 0.5) is 0 Å². The summed E-state index contributed by atoms with van der Waals surface area (Å²) in [6, 6.07) is 10.1. The molecule has 0 spiro atoms. The van der Waals surface area contributed by atoms with Gasteiger partial charge in [0.15, 0.2) is 5.60 Å². The van der Waals surface area contributed by atoms with Crippen molar-refractivity contribution < 1.29 is 15.0 Å². The van der Waals surface area contributed by atoms with E-state index in [0.29, 0.717) is 5.82 Å². The Morgan fingerprint density at radius 1 is 1.39 bits per heavy atom. The molecule has 0 saturated carbocycles. The van der Waals surface area contributed by atoms with Crippen LogP contribution in [-0.2, 0) is 24.3 Å². The second-order valence-electron chi connectivity index (χ2n) is 5.78. The number of hydrogen-bond donors (Lipinski definition) is 3. The molecule has 1 amide bonds. The molecule has 0 fully saturated rings. The number of hydrogen-bond acceptors (Lipinski definition) is 4. The highest BCUT2D eigenvalue weighted by Crippen LogP contribution is 2.10. The Bertz CT molecular complexity index is 636. The molecule has 23 heavy (non-hydrogen) atoms. The van der Waals surface area contributed by atoms with Crippen LogP contribution in [0.1, 0.15) is 25.2 Å². The molecule has 0 bridgehead atoms. The first-order valence-corrected chi connectivity index (χ1v) is 7.64. The first kappa shape index (κ1) is 17.2. The van der Waals surface area contributed by atoms with Gasteiger partial charge in [-0.2, -0.15) is 0 Å². The molecule has 1 aromatic carbocycles. The molecule has 2 aromatic rings. The Labute approximate surface area is 135 Å². The van der Waals surface area contributed by atoms with Crippen LogP contribution in [0.15, 0.2) is 42.7 Å². The zero-order chi connectivity index (χ0) is 16.9. The summed E-state index contributed by atoms with van der Waals surface area (Å²) in [5, 5.41) is 22.0. The third-order valence-electron chi connectivity index (χ3n) is 3.97. The van der Waals surface area contributed by atoms with Gasteiger partial charge in [-0.25, -0.2) is 4.98 Å². The van der Waals surface area contributed by atoms with Crippen molar-refractivity contribution in [3.8, 4) is 0 Å². The lowest BCUT2D eigenvalue weighted by Gasteiger charge is -2.25. The average Bonchev–Trinajstić information content (AvgIpc) is 2.98. The number of imidazole rings is 1. The highest BCUT2D eigenvalue weighted by molar-refractivity contribution is 5.84. The summed E-state index contributed by atoms with van der Waals surface area (Å²) in [6.45, 7) is 3.61. The summed E-state index contributed by atoms with van der Waals surface area (Å²) < 4.78 is 1.96. The van der Waals surface area contributed by atoms with Crippen molar-refractivity contribution in [1.82, 2.24) is 14.9 Å². The number of amides is 1. The molecule has 0 saturated heterocycles. The predicted molar refractivity (Wildman–Crippen MR) is 86.5 cm³/mol. The fourth-order valence-electron chi connectivity index (χ4n) is 2.13. The van der Waals surface area contributed by atoms with Crippen molar-refractivity contribution in [3.05, 3.63) is 54.1 Å². The van der Waals surface area contributed by atoms with E-state index in [0.717, 1.165) is 13.0 Å². The number of nitrogens with zero attached hydrogens (tertiary/aromatic N) is 2. The molecule has 2 atom stereocenters. The quantitative estimate of drug-likeness (QED) is 0.707. The largest absolute Gasteiger partial charge is 0.390 e. The van der Waals surface area contributed by atoms with Gasteiger partial charge in [0, 0.05) is 18.9 Å². The van der Waals surface area contributed by atoms with E-state index in [1.165, 1.54) is 19.4 Å². The SMILES string of the molecule is CC(O)C(C)(O)C(=O)NCc1nccn1CCc1ccccc1. The summed E-state index contributed by atoms with van der Waals surface area (Å²) in [7, 11) is 0. The topological polar surface area (TPSA) is 87.4 Å². The number of carbonyl (C=O) groups is 1. The van der Waals surface area contributed by atoms with E-state index >= 15 is 0 Å². The number of nitrogens with one attached hydrogen (secondary N) is 1. The van der Waals surface area contributed by atoms with Crippen molar-refractivity contribution >= 4 is 5.91 Å². The van der Waals surface area contributed by atoms with Gasteiger partial charge in [-0.1, -0.05) is 30.3 Å². The Kier molecular flexibility index (Phi) is 5.52. The molecule has 0 radical (unpaired) electrons. The molecule has 1 aromatic heterocycles. The number of aliphatic hydroxyl groups is 2. The van der Waals surface area contributed by atoms with E-state index in [4.69, 9.17) is 0 Å². The van der Waals surface area contributed by atoms with E-state index in [-0.39, 0.29) is 6.54 Å². The smallest absolute Gasteiger partial charge is 0.254 e. The second kappa shape index (κ2) is 7.39. The number of aliphatic hydroxyl groups excluding tert-OH is 1. The van der Waals surface area contributed by atoms with Crippen LogP contribution in [-0.4, -0.2) is 37.4 Å². The van der Waals surface area contributed by atoms with Gasteiger partial charge in [0.05, 0.1) is 12.6 Å². The van der Waals surface area contributed by atoms with Crippen LogP contribution in [0.3, 0.4) is 0 Å². The Hall–Kier alpha value is -2.18. The summed E-state index contributed by atoms with van der Waals surface area (Å²) in [5.74, 6) is 0.0841. The van der Waals surface area contributed by atoms with Gasteiger partial charge in [0.2, 0.25) is 0 Å². The highest BCUT2D eigenvalue weighted by Gasteiger charge is 2.35. The molecule has 2 rings (SSSR count). The summed E-state index contributed by atoms with van der Waals surface area (Å²) in [6.07, 6.45) is 3.25. The van der Waals surface area contributed by atoms with E-state index < -0.39 is 17.6 Å². The molecular formula is C17H23N3O3. The van der Waals surface area contributed by atoms with E-state index in [9.17, 15) is 15.0 Å². The van der Waals surface area contributed by atoms with Crippen molar-refractivity contribution in [2.75, 3.05) is 0 Å². The minimum Gasteiger partial charge on any atom is -0.390 e. The molecule has 0 aliphatic heterocycles. The van der Waals surface area contributed by atoms with Crippen LogP contribution in [0.5, 0.6) is 0 Å². The van der Waals surface area contributed by atoms with Crippen LogP contribution in [0.25, 0.3) is 0 Å². The lowest BCUT2D eigenvalue weighted by Crippen LogP contribution is -2.51. The number of rotatable bonds is 7. The number of carbonyl (C=O) groups excluding carboxylic acids is 1. The lowest BCUT2D eigenvalue weighted by atomic mass is 10.00. The van der Waals surface area contributed by atoms with E-state index in [1.807, 2.05) is 29.0 Å². The predicted octanol–water partition coefficient (Wildman–Crippen LogP) is 0.874. The summed E-state index contributed by atoms with van der Waals surface area (Å²) in [4.78, 5) is 16.2. The lowest BCUT2D eigenvalue weighted by molar-refractivity contribution is -0.148. The molecule has 0 aliphatic rings. The molecule has 1 heterocycles. The standard InChI is InChI=1S/C17H23N3O3/c1-13(21)17(2,23)16(22)19-12-15-18-9-11-20(15)10-8-14-6-4-3-5-7-14/h3-7,9,11,13,21,23H,8,10,12H2,1-2H3,(H,19,22). The minimum absolute atomic E-state index is 0.198. The monoisotopic (exact) mass is 317 g/mol. The van der Waals surface area contributed by atoms with E-state index in [1.54, 1.807) is 6.20 Å². The fourth-order valence-corrected chi connectivity index (χ4v) is 2.13. The van der Waals surface area contributed by atoms with Crippen molar-refractivity contribution in [1.29, 1.82) is 0 Å². The molecule has 6 nitrogen and oxygen atoms in total. The van der Waals surface area contributed by atoms with Crippen LogP contribution < -0.4 is 5.32 Å². The van der Waals surface area contributed by atoms with Gasteiger partial charge in [-0.05, 0) is 25.8 Å². The average molecular weight is 317 g/mol. The zero-order valence-electron chi connectivity index (χ0n) is 13.4. The van der Waals surface area contributed by atoms with Gasteiger partial charge in [0.1, 0.15) is 5.82 Å². The van der Waals surface area contributed by atoms with Gasteiger partial charge in [0.25, 0.3) is 5.91 Å². The van der Waals surface area contributed by atoms with Crippen molar-refractivity contribution in [3.63, 3.8) is 0 Å². The molecule has 3 N–H and O–H groups in total. The number of aryl methyl sites for hydroxylation is 2. The third kappa shape index (κ3) is 4.40. The molecular weight excluding hydrogens is 294 g/mol. The van der Waals surface area contributed by atoms with Crippen molar-refractivity contribution in [2.45, 2.75) is 45.1 Å². The molecule has 124 valence electrons. The summed E-state index contributed by atoms with van der Waals surface area (Å²) >= 11 is 0. The Morgan fingerprint density at radius 2 is 2.09 bits per heavy atom. The maximum Gasteiger partial charge on any atom is 0.254 e. The van der Waals surface area contributed by atoms with Crippen LogP contribution >= 0.6 is 0 Å². The Morgan fingerprint density at radius 3 is 2.74 bits per heavy atom. The number of benzene rings is 1. The van der Waals surface area contributed by atoms with Gasteiger partial charge in [-0.3, -0.25) is 4.79 Å². The highest BCUT2D eigenvalue weighted by atomic mass is 16.3. The zero-order valence-corrected chi connectivity index (χ0v) is 13.4. The summed E-state index contributed by atoms with van der Waals surface area (Å²) in [5.41, 5.74) is -0.588. The maximum atomic E-state index is 11.9. The van der Waals surface area contributed by atoms with Crippen molar-refractivity contribution in [2.24, 2.45) is 0 Å². The molecule has 6 heteroatoms. The Balaban J connectivity index is 1.92. The molecule has 2 unspecified atom stereocenters. The van der Waals surface area contributed by atoms with Crippen LogP contribution in [0.2, 0.25) is 0 Å². The van der Waals surface area contributed by atoms with Gasteiger partial charge in [-0.15, -0.1) is 0 Å². The normalized spacial score (nSPS) is 15.0.